The molecule has 2 aromatic rings. The van der Waals surface area contributed by atoms with Crippen molar-refractivity contribution in [3.8, 4) is 6.07 Å². The van der Waals surface area contributed by atoms with Gasteiger partial charge in [-0.1, -0.05) is 24.3 Å². The number of nitriles is 1. The molecule has 0 saturated heterocycles. The minimum Gasteiger partial charge on any atom is -0.444 e. The second-order valence-electron chi connectivity index (χ2n) is 7.98. The fourth-order valence-electron chi connectivity index (χ4n) is 3.38. The summed E-state index contributed by atoms with van der Waals surface area (Å²) in [4.78, 5) is 14.3. The number of benzene rings is 2. The van der Waals surface area contributed by atoms with Gasteiger partial charge < -0.3 is 15.0 Å². The first-order valence-corrected chi connectivity index (χ1v) is 9.26. The lowest BCUT2D eigenvalue weighted by atomic mass is 9.97. The van der Waals surface area contributed by atoms with Gasteiger partial charge in [-0.3, -0.25) is 0 Å². The Bertz CT molecular complexity index is 915. The normalized spacial score (nSPS) is 16.1. The van der Waals surface area contributed by atoms with Crippen LogP contribution in [0.4, 0.5) is 14.9 Å². The third-order valence-corrected chi connectivity index (χ3v) is 4.48. The van der Waals surface area contributed by atoms with Crippen molar-refractivity contribution in [2.24, 2.45) is 0 Å². The van der Waals surface area contributed by atoms with Gasteiger partial charge in [0.25, 0.3) is 0 Å². The van der Waals surface area contributed by atoms with Crippen molar-refractivity contribution >= 4 is 11.8 Å². The van der Waals surface area contributed by atoms with Gasteiger partial charge in [0.2, 0.25) is 0 Å². The van der Waals surface area contributed by atoms with Crippen molar-refractivity contribution < 1.29 is 13.9 Å². The number of hydrogen-bond acceptors (Lipinski definition) is 4. The van der Waals surface area contributed by atoms with E-state index in [-0.39, 0.29) is 11.6 Å². The minimum atomic E-state index is -0.557. The van der Waals surface area contributed by atoms with Crippen LogP contribution in [0.1, 0.15) is 37.5 Å². The average Bonchev–Trinajstić information content (AvgIpc) is 2.61. The van der Waals surface area contributed by atoms with Gasteiger partial charge in [-0.2, -0.15) is 5.26 Å². The zero-order chi connectivity index (χ0) is 20.3. The predicted octanol–water partition coefficient (Wildman–Crippen LogP) is 4.15. The Morgan fingerprint density at radius 1 is 1.32 bits per heavy atom. The van der Waals surface area contributed by atoms with Crippen molar-refractivity contribution in [2.45, 2.75) is 45.4 Å². The van der Waals surface area contributed by atoms with E-state index in [1.807, 2.05) is 51.1 Å². The van der Waals surface area contributed by atoms with Crippen molar-refractivity contribution in [3.05, 3.63) is 65.0 Å². The van der Waals surface area contributed by atoms with Gasteiger partial charge in [0.15, 0.2) is 0 Å². The quantitative estimate of drug-likeness (QED) is 0.867. The standard InChI is InChI=1S/C22H24FN3O2/c1-22(2,3)28-21(27)25-18-11-16-6-4-5-7-20(16)26(14-18)13-15-8-9-19(23)17(10-15)12-24/h4-10,18H,11,13-14H2,1-3H3,(H,25,27)/t18-/m1/s1. The van der Waals surface area contributed by atoms with E-state index in [9.17, 15) is 9.18 Å². The molecule has 0 saturated carbocycles. The molecular formula is C22H24FN3O2. The Labute approximate surface area is 164 Å². The molecule has 0 bridgehead atoms. The minimum absolute atomic E-state index is 0.0335. The van der Waals surface area contributed by atoms with Gasteiger partial charge in [-0.25, -0.2) is 9.18 Å². The molecule has 0 aromatic heterocycles. The number of amides is 1. The van der Waals surface area contributed by atoms with Gasteiger partial charge in [-0.05, 0) is 56.5 Å². The van der Waals surface area contributed by atoms with Gasteiger partial charge in [0.1, 0.15) is 17.5 Å². The van der Waals surface area contributed by atoms with Crippen molar-refractivity contribution in [3.63, 3.8) is 0 Å². The van der Waals surface area contributed by atoms with Crippen LogP contribution in [0.2, 0.25) is 0 Å². The summed E-state index contributed by atoms with van der Waals surface area (Å²) in [5.41, 5.74) is 2.51. The number of para-hydroxylation sites is 1. The first-order valence-electron chi connectivity index (χ1n) is 9.26. The Morgan fingerprint density at radius 3 is 2.79 bits per heavy atom. The number of anilines is 1. The Morgan fingerprint density at radius 2 is 2.07 bits per heavy atom. The Balaban J connectivity index is 1.80. The van der Waals surface area contributed by atoms with Crippen LogP contribution >= 0.6 is 0 Å². The van der Waals surface area contributed by atoms with Gasteiger partial charge >= 0.3 is 6.09 Å². The maximum atomic E-state index is 13.6. The molecule has 1 atom stereocenters. The first kappa shape index (κ1) is 19.7. The van der Waals surface area contributed by atoms with Crippen molar-refractivity contribution in [1.29, 1.82) is 5.26 Å². The van der Waals surface area contributed by atoms with Crippen LogP contribution in [-0.2, 0) is 17.7 Å². The zero-order valence-corrected chi connectivity index (χ0v) is 16.3. The highest BCUT2D eigenvalue weighted by Crippen LogP contribution is 2.29. The lowest BCUT2D eigenvalue weighted by molar-refractivity contribution is 0.0504. The van der Waals surface area contributed by atoms with Crippen LogP contribution in [0, 0.1) is 17.1 Å². The molecule has 28 heavy (non-hydrogen) atoms. The second-order valence-corrected chi connectivity index (χ2v) is 7.98. The third kappa shape index (κ3) is 4.80. The molecule has 0 aliphatic carbocycles. The third-order valence-electron chi connectivity index (χ3n) is 4.48. The van der Waals surface area contributed by atoms with Gasteiger partial charge in [-0.15, -0.1) is 0 Å². The monoisotopic (exact) mass is 381 g/mol. The number of hydrogen-bond donors (Lipinski definition) is 1. The molecule has 1 aliphatic rings. The van der Waals surface area contributed by atoms with Crippen LogP contribution in [0.3, 0.4) is 0 Å². The molecule has 6 heteroatoms. The molecule has 1 aliphatic heterocycles. The number of nitrogens with one attached hydrogen (secondary N) is 1. The summed E-state index contributed by atoms with van der Waals surface area (Å²) in [6, 6.07) is 14.4. The number of halogens is 1. The summed E-state index contributed by atoms with van der Waals surface area (Å²) < 4.78 is 19.0. The number of ether oxygens (including phenoxy) is 1. The molecule has 0 spiro atoms. The number of alkyl carbamates (subject to hydrolysis) is 1. The Hall–Kier alpha value is -3.07. The molecule has 1 heterocycles. The van der Waals surface area contributed by atoms with Crippen LogP contribution in [0.15, 0.2) is 42.5 Å². The maximum Gasteiger partial charge on any atom is 0.407 e. The van der Waals surface area contributed by atoms with Crippen molar-refractivity contribution in [1.82, 2.24) is 5.32 Å². The SMILES string of the molecule is CC(C)(C)OC(=O)N[C@@H]1Cc2ccccc2N(Cc2ccc(F)c(C#N)c2)C1. The van der Waals surface area contributed by atoms with E-state index in [0.29, 0.717) is 19.5 Å². The highest BCUT2D eigenvalue weighted by atomic mass is 19.1. The van der Waals surface area contributed by atoms with E-state index in [1.54, 1.807) is 12.1 Å². The highest BCUT2D eigenvalue weighted by molar-refractivity contribution is 5.69. The van der Waals surface area contributed by atoms with E-state index in [4.69, 9.17) is 10.00 Å². The molecular weight excluding hydrogens is 357 g/mol. The molecule has 3 rings (SSSR count). The molecule has 0 unspecified atom stereocenters. The maximum absolute atomic E-state index is 13.6. The van der Waals surface area contributed by atoms with Gasteiger partial charge in [0, 0.05) is 18.8 Å². The van der Waals surface area contributed by atoms with Crippen LogP contribution in [0.5, 0.6) is 0 Å². The summed E-state index contributed by atoms with van der Waals surface area (Å²) in [5, 5.41) is 12.0. The smallest absolute Gasteiger partial charge is 0.407 e. The van der Waals surface area contributed by atoms with Crippen LogP contribution < -0.4 is 10.2 Å². The van der Waals surface area contributed by atoms with Crippen molar-refractivity contribution in [2.75, 3.05) is 11.4 Å². The molecule has 0 fully saturated rings. The fourth-order valence-corrected chi connectivity index (χ4v) is 3.38. The van der Waals surface area contributed by atoms with E-state index in [2.05, 4.69) is 10.2 Å². The molecule has 146 valence electrons. The number of carbonyl (C=O) groups is 1. The predicted molar refractivity (Wildman–Crippen MR) is 105 cm³/mol. The summed E-state index contributed by atoms with van der Waals surface area (Å²) in [7, 11) is 0. The molecule has 1 N–H and O–H groups in total. The molecule has 0 radical (unpaired) electrons. The largest absolute Gasteiger partial charge is 0.444 e. The average molecular weight is 381 g/mol. The summed E-state index contributed by atoms with van der Waals surface area (Å²) in [6.07, 6.45) is 0.268. The lowest BCUT2D eigenvalue weighted by Gasteiger charge is -2.36. The number of rotatable bonds is 3. The first-order chi connectivity index (χ1) is 13.2. The Kier molecular flexibility index (Phi) is 5.55. The lowest BCUT2D eigenvalue weighted by Crippen LogP contribution is -2.49. The highest BCUT2D eigenvalue weighted by Gasteiger charge is 2.27. The van der Waals surface area contributed by atoms with E-state index >= 15 is 0 Å². The summed E-state index contributed by atoms with van der Waals surface area (Å²) in [5.74, 6) is -0.519. The molecule has 5 nitrogen and oxygen atoms in total. The zero-order valence-electron chi connectivity index (χ0n) is 16.3. The topological polar surface area (TPSA) is 65.4 Å². The van der Waals surface area contributed by atoms with Crippen LogP contribution in [0.25, 0.3) is 0 Å². The number of fused-ring (bicyclic) bond motifs is 1. The number of nitrogens with zero attached hydrogens (tertiary/aromatic N) is 2. The van der Waals surface area contributed by atoms with E-state index < -0.39 is 17.5 Å². The molecule has 2 aromatic carbocycles. The second kappa shape index (κ2) is 7.89. The fraction of sp³-hybridized carbons (Fsp3) is 0.364. The van der Waals surface area contributed by atoms with E-state index in [0.717, 1.165) is 16.8 Å². The van der Waals surface area contributed by atoms with Gasteiger partial charge in [0.05, 0.1) is 11.6 Å². The summed E-state index contributed by atoms with van der Waals surface area (Å²) >= 11 is 0. The van der Waals surface area contributed by atoms with Crippen LogP contribution in [-0.4, -0.2) is 24.3 Å². The molecule has 1 amide bonds. The summed E-state index contributed by atoms with van der Waals surface area (Å²) in [6.45, 7) is 6.59. The number of carbonyl (C=O) groups excluding carboxylic acids is 1. The van der Waals surface area contributed by atoms with E-state index in [1.165, 1.54) is 6.07 Å².